The van der Waals surface area contributed by atoms with Crippen LogP contribution in [0.4, 0.5) is 5.69 Å². The van der Waals surface area contributed by atoms with Crippen molar-refractivity contribution in [1.29, 1.82) is 5.26 Å². The van der Waals surface area contributed by atoms with E-state index < -0.39 is 10.5 Å². The van der Waals surface area contributed by atoms with Gasteiger partial charge < -0.3 is 4.74 Å². The molecule has 0 aliphatic heterocycles. The molecule has 0 spiro atoms. The van der Waals surface area contributed by atoms with Crippen molar-refractivity contribution in [2.75, 3.05) is 13.2 Å². The number of benzene rings is 1. The van der Waals surface area contributed by atoms with E-state index in [2.05, 4.69) is 11.4 Å². The predicted octanol–water partition coefficient (Wildman–Crippen LogP) is 2.82. The SMILES string of the molecule is CCNC(C)(C#N)CCOc1ccc(CC)cc1[N+](=O)[O-]. The van der Waals surface area contributed by atoms with Crippen LogP contribution in [0.25, 0.3) is 0 Å². The summed E-state index contributed by atoms with van der Waals surface area (Å²) in [4.78, 5) is 10.6. The molecule has 0 aliphatic carbocycles. The van der Waals surface area contributed by atoms with Gasteiger partial charge in [-0.1, -0.05) is 19.9 Å². The molecule has 0 fully saturated rings. The maximum absolute atomic E-state index is 11.1. The molecule has 0 amide bonds. The van der Waals surface area contributed by atoms with Gasteiger partial charge in [0.15, 0.2) is 5.75 Å². The highest BCUT2D eigenvalue weighted by molar-refractivity contribution is 5.48. The zero-order valence-electron chi connectivity index (χ0n) is 12.7. The standard InChI is InChI=1S/C15H21N3O3/c1-4-12-6-7-14(13(10-12)18(19)20)21-9-8-15(3,11-16)17-5-2/h6-7,10,17H,4-5,8-9H2,1-3H3. The predicted molar refractivity (Wildman–Crippen MR) is 80.3 cm³/mol. The average molecular weight is 291 g/mol. The summed E-state index contributed by atoms with van der Waals surface area (Å²) in [5.41, 5.74) is 0.174. The highest BCUT2D eigenvalue weighted by atomic mass is 16.6. The summed E-state index contributed by atoms with van der Waals surface area (Å²) in [7, 11) is 0. The van der Waals surface area contributed by atoms with Gasteiger partial charge in [-0.2, -0.15) is 5.26 Å². The van der Waals surface area contributed by atoms with Crippen molar-refractivity contribution in [2.24, 2.45) is 0 Å². The highest BCUT2D eigenvalue weighted by Gasteiger charge is 2.23. The maximum atomic E-state index is 11.1. The van der Waals surface area contributed by atoms with Gasteiger partial charge in [-0.25, -0.2) is 0 Å². The van der Waals surface area contributed by atoms with Crippen LogP contribution in [-0.2, 0) is 6.42 Å². The van der Waals surface area contributed by atoms with Crippen LogP contribution in [0.1, 0.15) is 32.8 Å². The van der Waals surface area contributed by atoms with Gasteiger partial charge >= 0.3 is 5.69 Å². The van der Waals surface area contributed by atoms with Gasteiger partial charge in [0.2, 0.25) is 0 Å². The molecule has 1 rings (SSSR count). The largest absolute Gasteiger partial charge is 0.487 e. The number of nitriles is 1. The summed E-state index contributed by atoms with van der Waals surface area (Å²) in [5.74, 6) is 0.244. The van der Waals surface area contributed by atoms with Crippen molar-refractivity contribution in [2.45, 2.75) is 39.2 Å². The van der Waals surface area contributed by atoms with Gasteiger partial charge in [-0.3, -0.25) is 15.4 Å². The van der Waals surface area contributed by atoms with Gasteiger partial charge in [-0.05, 0) is 31.5 Å². The molecule has 114 valence electrons. The lowest BCUT2D eigenvalue weighted by Gasteiger charge is -2.22. The molecular formula is C15H21N3O3. The molecule has 1 N–H and O–H groups in total. The number of hydrogen-bond acceptors (Lipinski definition) is 5. The molecule has 21 heavy (non-hydrogen) atoms. The maximum Gasteiger partial charge on any atom is 0.311 e. The van der Waals surface area contributed by atoms with E-state index in [0.717, 1.165) is 12.0 Å². The second-order valence-corrected chi connectivity index (χ2v) is 4.99. The van der Waals surface area contributed by atoms with Crippen molar-refractivity contribution in [3.05, 3.63) is 33.9 Å². The molecule has 1 aromatic rings. The Morgan fingerprint density at radius 1 is 1.48 bits per heavy atom. The lowest BCUT2D eigenvalue weighted by atomic mass is 10.0. The number of nitro benzene ring substituents is 1. The van der Waals surface area contributed by atoms with E-state index in [4.69, 9.17) is 10.00 Å². The normalized spacial score (nSPS) is 13.2. The van der Waals surface area contributed by atoms with E-state index in [1.807, 2.05) is 19.9 Å². The van der Waals surface area contributed by atoms with Crippen LogP contribution in [0.2, 0.25) is 0 Å². The number of hydrogen-bond donors (Lipinski definition) is 1. The fourth-order valence-electron chi connectivity index (χ4n) is 1.99. The Kier molecular flexibility index (Phi) is 6.12. The third-order valence-corrected chi connectivity index (χ3v) is 3.30. The fourth-order valence-corrected chi connectivity index (χ4v) is 1.99. The number of aryl methyl sites for hydroxylation is 1. The quantitative estimate of drug-likeness (QED) is 0.587. The summed E-state index contributed by atoms with van der Waals surface area (Å²) in [6.45, 7) is 6.56. The minimum absolute atomic E-state index is 0.0311. The molecule has 0 bridgehead atoms. The zero-order chi connectivity index (χ0) is 15.9. The first kappa shape index (κ1) is 16.9. The minimum atomic E-state index is -0.688. The van der Waals surface area contributed by atoms with Crippen molar-refractivity contribution in [3.63, 3.8) is 0 Å². The van der Waals surface area contributed by atoms with Crippen LogP contribution < -0.4 is 10.1 Å². The van der Waals surface area contributed by atoms with Crippen molar-refractivity contribution in [3.8, 4) is 11.8 Å². The summed E-state index contributed by atoms with van der Waals surface area (Å²) in [6.07, 6.45) is 1.18. The molecule has 0 aliphatic rings. The number of ether oxygens (including phenoxy) is 1. The van der Waals surface area contributed by atoms with Crippen LogP contribution in [0, 0.1) is 21.4 Å². The molecule has 0 saturated carbocycles. The third-order valence-electron chi connectivity index (χ3n) is 3.30. The summed E-state index contributed by atoms with van der Waals surface area (Å²) in [6, 6.07) is 7.16. The molecule has 0 saturated heterocycles. The first-order chi connectivity index (χ1) is 9.95. The molecule has 6 heteroatoms. The van der Waals surface area contributed by atoms with Gasteiger partial charge in [0.25, 0.3) is 0 Å². The average Bonchev–Trinajstić information content (AvgIpc) is 2.47. The first-order valence-electron chi connectivity index (χ1n) is 7.02. The highest BCUT2D eigenvalue weighted by Crippen LogP contribution is 2.28. The molecule has 0 heterocycles. The Labute approximate surface area is 124 Å². The molecule has 0 aromatic heterocycles. The minimum Gasteiger partial charge on any atom is -0.487 e. The lowest BCUT2D eigenvalue weighted by molar-refractivity contribution is -0.385. The molecule has 0 radical (unpaired) electrons. The third kappa shape index (κ3) is 4.72. The Morgan fingerprint density at radius 2 is 2.19 bits per heavy atom. The van der Waals surface area contributed by atoms with Crippen molar-refractivity contribution in [1.82, 2.24) is 5.32 Å². The monoisotopic (exact) mass is 291 g/mol. The summed E-state index contributed by atoms with van der Waals surface area (Å²) >= 11 is 0. The topological polar surface area (TPSA) is 88.2 Å². The Morgan fingerprint density at radius 3 is 2.71 bits per heavy atom. The fraction of sp³-hybridized carbons (Fsp3) is 0.533. The molecule has 6 nitrogen and oxygen atoms in total. The lowest BCUT2D eigenvalue weighted by Crippen LogP contribution is -2.42. The van der Waals surface area contributed by atoms with Gasteiger partial charge in [0, 0.05) is 12.5 Å². The molecule has 1 atom stereocenters. The van der Waals surface area contributed by atoms with Crippen LogP contribution in [0.5, 0.6) is 5.75 Å². The second kappa shape index (κ2) is 7.60. The van der Waals surface area contributed by atoms with Gasteiger partial charge in [-0.15, -0.1) is 0 Å². The number of rotatable bonds is 8. The Balaban J connectivity index is 2.76. The van der Waals surface area contributed by atoms with Crippen molar-refractivity contribution < 1.29 is 9.66 Å². The summed E-state index contributed by atoms with van der Waals surface area (Å²) in [5, 5.41) is 23.3. The first-order valence-corrected chi connectivity index (χ1v) is 7.02. The number of nitrogens with zero attached hydrogens (tertiary/aromatic N) is 2. The second-order valence-electron chi connectivity index (χ2n) is 4.99. The zero-order valence-corrected chi connectivity index (χ0v) is 12.7. The smallest absolute Gasteiger partial charge is 0.311 e. The Bertz CT molecular complexity index is 539. The van der Waals surface area contributed by atoms with E-state index in [1.165, 1.54) is 6.07 Å². The van der Waals surface area contributed by atoms with Gasteiger partial charge in [0.05, 0.1) is 17.6 Å². The summed E-state index contributed by atoms with van der Waals surface area (Å²) < 4.78 is 5.51. The van der Waals surface area contributed by atoms with E-state index >= 15 is 0 Å². The van der Waals surface area contributed by atoms with Crippen LogP contribution in [-0.4, -0.2) is 23.6 Å². The molecular weight excluding hydrogens is 270 g/mol. The van der Waals surface area contributed by atoms with E-state index in [0.29, 0.717) is 13.0 Å². The van der Waals surface area contributed by atoms with Gasteiger partial charge in [0.1, 0.15) is 5.54 Å². The Hall–Kier alpha value is -2.13. The molecule has 1 aromatic carbocycles. The van der Waals surface area contributed by atoms with E-state index in [-0.39, 0.29) is 18.0 Å². The number of nitrogens with one attached hydrogen (secondary N) is 1. The van der Waals surface area contributed by atoms with E-state index in [1.54, 1.807) is 13.0 Å². The number of nitro groups is 1. The van der Waals surface area contributed by atoms with Crippen LogP contribution >= 0.6 is 0 Å². The van der Waals surface area contributed by atoms with E-state index in [9.17, 15) is 10.1 Å². The van der Waals surface area contributed by atoms with Crippen LogP contribution in [0.15, 0.2) is 18.2 Å². The van der Waals surface area contributed by atoms with Crippen LogP contribution in [0.3, 0.4) is 0 Å². The molecule has 1 unspecified atom stereocenters. The van der Waals surface area contributed by atoms with Crippen molar-refractivity contribution >= 4 is 5.69 Å².